The number of halogens is 2. The predicted molar refractivity (Wildman–Crippen MR) is 94.3 cm³/mol. The molecule has 0 aliphatic rings. The third kappa shape index (κ3) is 6.80. The molecule has 0 saturated carbocycles. The van der Waals surface area contributed by atoms with Crippen molar-refractivity contribution in [1.82, 2.24) is 4.90 Å². The molecule has 0 aliphatic carbocycles. The van der Waals surface area contributed by atoms with E-state index in [9.17, 15) is 9.18 Å². The largest absolute Gasteiger partial charge is 0.326 e. The van der Waals surface area contributed by atoms with Crippen molar-refractivity contribution >= 4 is 24.0 Å². The van der Waals surface area contributed by atoms with Gasteiger partial charge in [-0.15, -0.1) is 12.4 Å². The van der Waals surface area contributed by atoms with Crippen LogP contribution in [0.2, 0.25) is 0 Å². The minimum Gasteiger partial charge on any atom is -0.326 e. The van der Waals surface area contributed by atoms with Gasteiger partial charge in [0.1, 0.15) is 5.82 Å². The molecule has 0 fully saturated rings. The summed E-state index contributed by atoms with van der Waals surface area (Å²) in [7, 11) is 0. The van der Waals surface area contributed by atoms with Gasteiger partial charge in [0.2, 0.25) is 5.91 Å². The molecule has 2 aromatic rings. The van der Waals surface area contributed by atoms with Crippen LogP contribution in [0.3, 0.4) is 0 Å². The van der Waals surface area contributed by atoms with Crippen molar-refractivity contribution in [3.63, 3.8) is 0 Å². The summed E-state index contributed by atoms with van der Waals surface area (Å²) in [4.78, 5) is 14.2. The molecule has 0 heterocycles. The molecule has 0 bridgehead atoms. The fraction of sp³-hybridized carbons (Fsp3) is 0.278. The highest BCUT2D eigenvalue weighted by Crippen LogP contribution is 2.09. The van der Waals surface area contributed by atoms with Crippen molar-refractivity contribution in [2.45, 2.75) is 19.9 Å². The van der Waals surface area contributed by atoms with Gasteiger partial charge in [-0.1, -0.05) is 37.3 Å². The molecule has 2 aromatic carbocycles. The van der Waals surface area contributed by atoms with Crippen molar-refractivity contribution in [1.29, 1.82) is 0 Å². The Hall–Kier alpha value is -1.91. The standard InChI is InChI=1S/C18H21FN2O.ClH/c1-2-21(14-15-6-4-3-5-7-15)13-12-18(22)20-17-10-8-16(19)9-11-17;/h3-11H,2,12-14H2,1H3,(H,20,22);1H. The number of carbonyl (C=O) groups is 1. The number of carbonyl (C=O) groups excluding carboxylic acids is 1. The molecule has 1 amide bonds. The molecule has 5 heteroatoms. The lowest BCUT2D eigenvalue weighted by Crippen LogP contribution is -2.27. The van der Waals surface area contributed by atoms with Gasteiger partial charge in [-0.3, -0.25) is 9.69 Å². The summed E-state index contributed by atoms with van der Waals surface area (Å²) in [5.74, 6) is -0.365. The molecule has 0 aliphatic heterocycles. The molecule has 0 saturated heterocycles. The van der Waals surface area contributed by atoms with E-state index in [1.165, 1.54) is 17.7 Å². The van der Waals surface area contributed by atoms with Crippen molar-refractivity contribution < 1.29 is 9.18 Å². The van der Waals surface area contributed by atoms with Crippen LogP contribution in [0, 0.1) is 5.82 Å². The van der Waals surface area contributed by atoms with Gasteiger partial charge in [-0.2, -0.15) is 0 Å². The smallest absolute Gasteiger partial charge is 0.225 e. The maximum absolute atomic E-state index is 12.8. The van der Waals surface area contributed by atoms with Crippen LogP contribution in [-0.2, 0) is 11.3 Å². The van der Waals surface area contributed by atoms with Crippen LogP contribution in [0.15, 0.2) is 54.6 Å². The van der Waals surface area contributed by atoms with Crippen LogP contribution >= 0.6 is 12.4 Å². The van der Waals surface area contributed by atoms with Gasteiger partial charge in [0.15, 0.2) is 0 Å². The lowest BCUT2D eigenvalue weighted by atomic mass is 10.2. The summed E-state index contributed by atoms with van der Waals surface area (Å²) < 4.78 is 12.8. The number of amides is 1. The molecule has 23 heavy (non-hydrogen) atoms. The molecule has 2 rings (SSSR count). The first kappa shape index (κ1) is 19.1. The number of nitrogens with zero attached hydrogens (tertiary/aromatic N) is 1. The van der Waals surface area contributed by atoms with E-state index < -0.39 is 0 Å². The van der Waals surface area contributed by atoms with Crippen LogP contribution in [0.25, 0.3) is 0 Å². The Labute approximate surface area is 142 Å². The van der Waals surface area contributed by atoms with E-state index in [1.54, 1.807) is 12.1 Å². The average molecular weight is 337 g/mol. The highest BCUT2D eigenvalue weighted by molar-refractivity contribution is 5.90. The zero-order chi connectivity index (χ0) is 15.8. The maximum Gasteiger partial charge on any atom is 0.225 e. The fourth-order valence-corrected chi connectivity index (χ4v) is 2.21. The average Bonchev–Trinajstić information content (AvgIpc) is 2.54. The Morgan fingerprint density at radius 1 is 1.09 bits per heavy atom. The number of rotatable bonds is 7. The first-order chi connectivity index (χ1) is 10.7. The van der Waals surface area contributed by atoms with Gasteiger partial charge in [-0.25, -0.2) is 4.39 Å². The summed E-state index contributed by atoms with van der Waals surface area (Å²) in [5, 5.41) is 2.78. The zero-order valence-corrected chi connectivity index (χ0v) is 14.0. The third-order valence-electron chi connectivity index (χ3n) is 3.48. The molecule has 3 nitrogen and oxygen atoms in total. The van der Waals surface area contributed by atoms with Crippen LogP contribution in [0.4, 0.5) is 10.1 Å². The Bertz CT molecular complexity index is 590. The van der Waals surface area contributed by atoms with E-state index in [0.717, 1.165) is 13.1 Å². The van der Waals surface area contributed by atoms with Gasteiger partial charge in [0.25, 0.3) is 0 Å². The molecule has 0 aromatic heterocycles. The Balaban J connectivity index is 0.00000264. The summed E-state index contributed by atoms with van der Waals surface area (Å²) in [6, 6.07) is 16.0. The van der Waals surface area contributed by atoms with Crippen molar-refractivity contribution in [2.24, 2.45) is 0 Å². The van der Waals surface area contributed by atoms with Crippen molar-refractivity contribution in [3.05, 3.63) is 66.0 Å². The second-order valence-corrected chi connectivity index (χ2v) is 5.16. The van der Waals surface area contributed by atoms with E-state index in [2.05, 4.69) is 29.3 Å². The number of hydrogen-bond donors (Lipinski definition) is 1. The van der Waals surface area contributed by atoms with Crippen LogP contribution in [-0.4, -0.2) is 23.9 Å². The quantitative estimate of drug-likeness (QED) is 0.825. The van der Waals surface area contributed by atoms with Crippen LogP contribution < -0.4 is 5.32 Å². The van der Waals surface area contributed by atoms with E-state index in [1.807, 2.05) is 18.2 Å². The predicted octanol–water partition coefficient (Wildman–Crippen LogP) is 4.10. The van der Waals surface area contributed by atoms with E-state index >= 15 is 0 Å². The molecule has 0 unspecified atom stereocenters. The number of benzene rings is 2. The number of anilines is 1. The molecular weight excluding hydrogens is 315 g/mol. The summed E-state index contributed by atoms with van der Waals surface area (Å²) >= 11 is 0. The van der Waals surface area contributed by atoms with Gasteiger partial charge >= 0.3 is 0 Å². The van der Waals surface area contributed by atoms with E-state index in [4.69, 9.17) is 0 Å². The van der Waals surface area contributed by atoms with Crippen LogP contribution in [0.1, 0.15) is 18.9 Å². The SMILES string of the molecule is CCN(CCC(=O)Nc1ccc(F)cc1)Cc1ccccc1.Cl. The molecule has 0 atom stereocenters. The van der Waals surface area contributed by atoms with E-state index in [-0.39, 0.29) is 24.1 Å². The van der Waals surface area contributed by atoms with Gasteiger partial charge in [-0.05, 0) is 36.4 Å². The van der Waals surface area contributed by atoms with Gasteiger partial charge in [0.05, 0.1) is 0 Å². The first-order valence-electron chi connectivity index (χ1n) is 7.49. The third-order valence-corrected chi connectivity index (χ3v) is 3.48. The second kappa shape index (κ2) is 9.98. The number of hydrogen-bond acceptors (Lipinski definition) is 2. The topological polar surface area (TPSA) is 32.3 Å². The normalized spacial score (nSPS) is 10.2. The fourth-order valence-electron chi connectivity index (χ4n) is 2.21. The Kier molecular flexibility index (Phi) is 8.30. The molecule has 0 spiro atoms. The lowest BCUT2D eigenvalue weighted by molar-refractivity contribution is -0.116. The van der Waals surface area contributed by atoms with Crippen molar-refractivity contribution in [3.8, 4) is 0 Å². The first-order valence-corrected chi connectivity index (χ1v) is 7.49. The molecule has 124 valence electrons. The van der Waals surface area contributed by atoms with Crippen LogP contribution in [0.5, 0.6) is 0 Å². The summed E-state index contributed by atoms with van der Waals surface area (Å²) in [6.07, 6.45) is 0.415. The summed E-state index contributed by atoms with van der Waals surface area (Å²) in [5.41, 5.74) is 1.86. The molecule has 0 radical (unpaired) electrons. The highest BCUT2D eigenvalue weighted by atomic mass is 35.5. The monoisotopic (exact) mass is 336 g/mol. The Morgan fingerprint density at radius 2 is 1.74 bits per heavy atom. The maximum atomic E-state index is 12.8. The molecule has 1 N–H and O–H groups in total. The minimum atomic E-state index is -0.307. The highest BCUT2D eigenvalue weighted by Gasteiger charge is 2.08. The van der Waals surface area contributed by atoms with Gasteiger partial charge in [0, 0.05) is 25.2 Å². The lowest BCUT2D eigenvalue weighted by Gasteiger charge is -2.20. The minimum absolute atomic E-state index is 0. The Morgan fingerprint density at radius 3 is 2.35 bits per heavy atom. The molecular formula is C18H22ClFN2O. The van der Waals surface area contributed by atoms with Gasteiger partial charge < -0.3 is 5.32 Å². The number of nitrogens with one attached hydrogen (secondary N) is 1. The summed E-state index contributed by atoms with van der Waals surface area (Å²) in [6.45, 7) is 4.50. The van der Waals surface area contributed by atoms with Crippen molar-refractivity contribution in [2.75, 3.05) is 18.4 Å². The zero-order valence-electron chi connectivity index (χ0n) is 13.2. The van der Waals surface area contributed by atoms with E-state index in [0.29, 0.717) is 18.7 Å². The second-order valence-electron chi connectivity index (χ2n) is 5.16.